The predicted octanol–water partition coefficient (Wildman–Crippen LogP) is 5.37. The van der Waals surface area contributed by atoms with E-state index in [2.05, 4.69) is 43.2 Å². The summed E-state index contributed by atoms with van der Waals surface area (Å²) in [5, 5.41) is 0. The van der Waals surface area contributed by atoms with Crippen LogP contribution < -0.4 is 0 Å². The first kappa shape index (κ1) is 17.9. The quantitative estimate of drug-likeness (QED) is 0.662. The first-order chi connectivity index (χ1) is 13.4. The predicted molar refractivity (Wildman–Crippen MR) is 112 cm³/mol. The number of rotatable bonds is 1. The Morgan fingerprint density at radius 2 is 2.00 bits per heavy atom. The van der Waals surface area contributed by atoms with Crippen molar-refractivity contribution in [1.29, 1.82) is 0 Å². The highest BCUT2D eigenvalue weighted by Crippen LogP contribution is 2.64. The second-order valence-corrected chi connectivity index (χ2v) is 9.64. The SMILES string of the molecule is CN1C=C2CCC3C4=CC=C(c5cccnc5)[C@@]4(C)CCC3[C@@]2(C)CCC1=O. The van der Waals surface area contributed by atoms with E-state index in [0.717, 1.165) is 12.8 Å². The molecule has 0 aromatic carbocycles. The lowest BCUT2D eigenvalue weighted by atomic mass is 9.49. The Hall–Kier alpha value is -2.16. The summed E-state index contributed by atoms with van der Waals surface area (Å²) in [6, 6.07) is 4.24. The molecule has 2 saturated carbocycles. The topological polar surface area (TPSA) is 33.2 Å². The number of amides is 1. The Bertz CT molecular complexity index is 912. The molecule has 5 rings (SSSR count). The zero-order valence-corrected chi connectivity index (χ0v) is 17.2. The average Bonchev–Trinajstić information content (AvgIpc) is 3.00. The molecule has 3 heteroatoms. The van der Waals surface area contributed by atoms with Crippen LogP contribution in [-0.4, -0.2) is 22.8 Å². The third-order valence-corrected chi connectivity index (χ3v) is 8.35. The number of hydrogen-bond donors (Lipinski definition) is 0. The summed E-state index contributed by atoms with van der Waals surface area (Å²) in [6.07, 6.45) is 17.2. The lowest BCUT2D eigenvalue weighted by Gasteiger charge is -2.55. The number of nitrogens with zero attached hydrogens (tertiary/aromatic N) is 2. The van der Waals surface area contributed by atoms with Crippen LogP contribution in [0, 0.1) is 22.7 Å². The van der Waals surface area contributed by atoms with Gasteiger partial charge in [0.1, 0.15) is 0 Å². The van der Waals surface area contributed by atoms with E-state index in [1.165, 1.54) is 36.0 Å². The molecule has 1 amide bonds. The van der Waals surface area contributed by atoms with Crippen molar-refractivity contribution in [2.45, 2.75) is 52.4 Å². The second kappa shape index (κ2) is 6.17. The molecule has 0 radical (unpaired) electrons. The molecule has 0 spiro atoms. The summed E-state index contributed by atoms with van der Waals surface area (Å²) in [5.41, 5.74) is 6.13. The molecular formula is C25H30N2O. The molecule has 0 saturated heterocycles. The smallest absolute Gasteiger partial charge is 0.226 e. The second-order valence-electron chi connectivity index (χ2n) is 9.64. The minimum Gasteiger partial charge on any atom is -0.322 e. The number of aromatic nitrogens is 1. The maximum absolute atomic E-state index is 12.3. The molecule has 1 aromatic heterocycles. The summed E-state index contributed by atoms with van der Waals surface area (Å²) in [7, 11) is 1.93. The average molecular weight is 375 g/mol. The van der Waals surface area contributed by atoms with Crippen LogP contribution in [0.2, 0.25) is 0 Å². The van der Waals surface area contributed by atoms with E-state index >= 15 is 0 Å². The van der Waals surface area contributed by atoms with Gasteiger partial charge in [0.05, 0.1) is 0 Å². The molecule has 4 aliphatic rings. The Kier molecular flexibility index (Phi) is 3.94. The zero-order chi connectivity index (χ0) is 19.5. The third kappa shape index (κ3) is 2.41. The van der Waals surface area contributed by atoms with Gasteiger partial charge in [-0.25, -0.2) is 0 Å². The van der Waals surface area contributed by atoms with Crippen LogP contribution in [-0.2, 0) is 4.79 Å². The monoisotopic (exact) mass is 374 g/mol. The number of carbonyl (C=O) groups excluding carboxylic acids is 1. The largest absolute Gasteiger partial charge is 0.322 e. The van der Waals surface area contributed by atoms with Gasteiger partial charge in [0, 0.05) is 37.5 Å². The molecule has 2 heterocycles. The Labute approximate surface area is 168 Å². The fourth-order valence-electron chi connectivity index (χ4n) is 6.67. The molecule has 0 bridgehead atoms. The molecular weight excluding hydrogens is 344 g/mol. The van der Waals surface area contributed by atoms with E-state index < -0.39 is 0 Å². The zero-order valence-electron chi connectivity index (χ0n) is 17.2. The Morgan fingerprint density at radius 3 is 2.79 bits per heavy atom. The van der Waals surface area contributed by atoms with Crippen molar-refractivity contribution in [3.8, 4) is 0 Å². The van der Waals surface area contributed by atoms with E-state index in [9.17, 15) is 4.79 Å². The number of pyridine rings is 1. The van der Waals surface area contributed by atoms with Crippen LogP contribution in [0.1, 0.15) is 57.9 Å². The molecule has 28 heavy (non-hydrogen) atoms. The molecule has 3 aliphatic carbocycles. The lowest BCUT2D eigenvalue weighted by Crippen LogP contribution is -2.45. The van der Waals surface area contributed by atoms with E-state index in [-0.39, 0.29) is 16.7 Å². The Morgan fingerprint density at radius 1 is 1.14 bits per heavy atom. The normalized spacial score (nSPS) is 37.2. The summed E-state index contributed by atoms with van der Waals surface area (Å²) in [4.78, 5) is 18.5. The number of allylic oxidation sites excluding steroid dienone is 5. The highest BCUT2D eigenvalue weighted by molar-refractivity contribution is 5.79. The molecule has 3 nitrogen and oxygen atoms in total. The summed E-state index contributed by atoms with van der Waals surface area (Å²) in [6.45, 7) is 4.88. The van der Waals surface area contributed by atoms with Gasteiger partial charge < -0.3 is 4.90 Å². The van der Waals surface area contributed by atoms with Gasteiger partial charge in [-0.1, -0.05) is 37.6 Å². The van der Waals surface area contributed by atoms with Gasteiger partial charge in [0.2, 0.25) is 5.91 Å². The summed E-state index contributed by atoms with van der Waals surface area (Å²) >= 11 is 0. The highest BCUT2D eigenvalue weighted by atomic mass is 16.2. The Balaban J connectivity index is 1.49. The van der Waals surface area contributed by atoms with E-state index in [4.69, 9.17) is 0 Å². The maximum atomic E-state index is 12.3. The number of hydrogen-bond acceptors (Lipinski definition) is 2. The molecule has 0 N–H and O–H groups in total. The standard InChI is InChI=1S/C25H30N2O/c1-24-13-11-23(28)27(3)16-18(24)6-7-19-21-9-8-20(17-5-4-14-26-15-17)25(21,2)12-10-22(19)24/h4-5,8-9,14-16,19,22H,6-7,10-13H2,1-3H3/t19?,22?,24-,25+/m0/s1. The molecule has 2 unspecified atom stereocenters. The first-order valence-electron chi connectivity index (χ1n) is 10.7. The van der Waals surface area contributed by atoms with Crippen molar-refractivity contribution >= 4 is 11.5 Å². The fourth-order valence-corrected chi connectivity index (χ4v) is 6.67. The summed E-state index contributed by atoms with van der Waals surface area (Å²) < 4.78 is 0. The molecule has 1 aromatic rings. The van der Waals surface area contributed by atoms with Gasteiger partial charge in [-0.05, 0) is 72.1 Å². The molecule has 146 valence electrons. The van der Waals surface area contributed by atoms with Crippen molar-refractivity contribution in [2.24, 2.45) is 22.7 Å². The number of fused-ring (bicyclic) bond motifs is 5. The molecule has 4 atom stereocenters. The van der Waals surface area contributed by atoms with E-state index in [1.807, 2.05) is 30.4 Å². The van der Waals surface area contributed by atoms with Crippen molar-refractivity contribution in [3.63, 3.8) is 0 Å². The van der Waals surface area contributed by atoms with Crippen LogP contribution >= 0.6 is 0 Å². The molecule has 2 fully saturated rings. The van der Waals surface area contributed by atoms with Gasteiger partial charge in [-0.15, -0.1) is 0 Å². The summed E-state index contributed by atoms with van der Waals surface area (Å²) in [5.74, 6) is 1.54. The van der Waals surface area contributed by atoms with Crippen LogP contribution in [0.4, 0.5) is 0 Å². The van der Waals surface area contributed by atoms with Crippen molar-refractivity contribution in [1.82, 2.24) is 9.88 Å². The van der Waals surface area contributed by atoms with E-state index in [1.54, 1.807) is 5.57 Å². The minimum atomic E-state index is 0.138. The molecule has 1 aliphatic heterocycles. The van der Waals surface area contributed by atoms with Gasteiger partial charge >= 0.3 is 0 Å². The minimum absolute atomic E-state index is 0.138. The van der Waals surface area contributed by atoms with Crippen molar-refractivity contribution in [2.75, 3.05) is 7.05 Å². The number of carbonyl (C=O) groups is 1. The third-order valence-electron chi connectivity index (χ3n) is 8.35. The first-order valence-corrected chi connectivity index (χ1v) is 10.7. The highest BCUT2D eigenvalue weighted by Gasteiger charge is 2.54. The van der Waals surface area contributed by atoms with Crippen LogP contribution in [0.25, 0.3) is 5.57 Å². The lowest BCUT2D eigenvalue weighted by molar-refractivity contribution is -0.127. The van der Waals surface area contributed by atoms with Crippen LogP contribution in [0.5, 0.6) is 0 Å². The van der Waals surface area contributed by atoms with Crippen molar-refractivity contribution < 1.29 is 4.79 Å². The van der Waals surface area contributed by atoms with Crippen molar-refractivity contribution in [3.05, 3.63) is 59.6 Å². The van der Waals surface area contributed by atoms with Gasteiger partial charge in [0.15, 0.2) is 0 Å². The van der Waals surface area contributed by atoms with Crippen LogP contribution in [0.15, 0.2) is 54.0 Å². The van der Waals surface area contributed by atoms with Crippen LogP contribution in [0.3, 0.4) is 0 Å². The van der Waals surface area contributed by atoms with Gasteiger partial charge in [0.25, 0.3) is 0 Å². The van der Waals surface area contributed by atoms with E-state index in [0.29, 0.717) is 18.3 Å². The van der Waals surface area contributed by atoms with Gasteiger partial charge in [-0.3, -0.25) is 9.78 Å². The fraction of sp³-hybridized carbons (Fsp3) is 0.520. The maximum Gasteiger partial charge on any atom is 0.226 e. The van der Waals surface area contributed by atoms with Gasteiger partial charge in [-0.2, -0.15) is 0 Å².